The highest BCUT2D eigenvalue weighted by molar-refractivity contribution is 7.91. The summed E-state index contributed by atoms with van der Waals surface area (Å²) in [4.78, 5) is 19.0. The van der Waals surface area contributed by atoms with Crippen molar-refractivity contribution >= 4 is 21.3 Å². The van der Waals surface area contributed by atoms with Gasteiger partial charge >= 0.3 is 0 Å². The molecule has 2 aromatic rings. The Labute approximate surface area is 140 Å². The molecule has 0 aliphatic carbocycles. The third-order valence-electron chi connectivity index (χ3n) is 3.33. The second-order valence-electron chi connectivity index (χ2n) is 5.19. The summed E-state index contributed by atoms with van der Waals surface area (Å²) in [7, 11) is -3.06. The molecule has 8 nitrogen and oxygen atoms in total. The first-order chi connectivity index (χ1) is 11.3. The van der Waals surface area contributed by atoms with Crippen molar-refractivity contribution in [3.05, 3.63) is 46.1 Å². The lowest BCUT2D eigenvalue weighted by atomic mass is 10.2. The molecule has 0 unspecified atom stereocenters. The quantitative estimate of drug-likeness (QED) is 0.601. The number of nitrogens with zero attached hydrogens (tertiary/aromatic N) is 3. The Kier molecular flexibility index (Phi) is 5.45. The number of hydrogen-bond acceptors (Lipinski definition) is 7. The molecule has 0 fully saturated rings. The molecule has 0 saturated heterocycles. The Hall–Kier alpha value is -2.55. The number of nitro benzene ring substituents is 1. The van der Waals surface area contributed by atoms with E-state index in [0.29, 0.717) is 22.9 Å². The molecule has 128 valence electrons. The molecule has 0 spiro atoms. The van der Waals surface area contributed by atoms with Crippen LogP contribution in [-0.4, -0.2) is 41.4 Å². The molecule has 1 N–H and O–H groups in total. The lowest BCUT2D eigenvalue weighted by Gasteiger charge is -2.09. The zero-order valence-electron chi connectivity index (χ0n) is 13.4. The molecule has 0 bridgehead atoms. The first-order valence-electron chi connectivity index (χ1n) is 7.35. The largest absolute Gasteiger partial charge is 0.369 e. The minimum absolute atomic E-state index is 0.0126. The van der Waals surface area contributed by atoms with Gasteiger partial charge in [0.2, 0.25) is 0 Å². The van der Waals surface area contributed by atoms with Crippen LogP contribution in [-0.2, 0) is 9.84 Å². The van der Waals surface area contributed by atoms with E-state index in [4.69, 9.17) is 0 Å². The van der Waals surface area contributed by atoms with Crippen molar-refractivity contribution in [2.24, 2.45) is 0 Å². The van der Waals surface area contributed by atoms with Crippen LogP contribution in [0.4, 0.5) is 11.5 Å². The van der Waals surface area contributed by atoms with Crippen molar-refractivity contribution in [3.8, 4) is 11.4 Å². The zero-order valence-corrected chi connectivity index (χ0v) is 14.2. The van der Waals surface area contributed by atoms with E-state index in [1.165, 1.54) is 12.1 Å². The number of nitrogens with one attached hydrogen (secondary N) is 1. The molecule has 0 aliphatic rings. The minimum atomic E-state index is -3.06. The van der Waals surface area contributed by atoms with E-state index in [9.17, 15) is 18.5 Å². The summed E-state index contributed by atoms with van der Waals surface area (Å²) in [6.45, 7) is 3.61. The highest BCUT2D eigenvalue weighted by atomic mass is 32.2. The molecule has 0 atom stereocenters. The van der Waals surface area contributed by atoms with Crippen molar-refractivity contribution < 1.29 is 13.3 Å². The number of nitro groups is 1. The van der Waals surface area contributed by atoms with Crippen LogP contribution in [0.1, 0.15) is 12.6 Å². The van der Waals surface area contributed by atoms with Crippen LogP contribution in [0.25, 0.3) is 11.4 Å². The fourth-order valence-electron chi connectivity index (χ4n) is 2.03. The molecule has 1 aromatic heterocycles. The summed E-state index contributed by atoms with van der Waals surface area (Å²) in [5, 5.41) is 13.8. The minimum Gasteiger partial charge on any atom is -0.369 e. The average Bonchev–Trinajstić information content (AvgIpc) is 2.54. The number of aromatic nitrogens is 2. The van der Waals surface area contributed by atoms with Crippen LogP contribution in [0.15, 0.2) is 30.3 Å². The topological polar surface area (TPSA) is 115 Å². The first-order valence-corrected chi connectivity index (χ1v) is 9.17. The molecule has 0 saturated carbocycles. The van der Waals surface area contributed by atoms with Crippen molar-refractivity contribution in [1.29, 1.82) is 0 Å². The van der Waals surface area contributed by atoms with E-state index in [2.05, 4.69) is 15.3 Å². The number of sulfone groups is 1. The van der Waals surface area contributed by atoms with E-state index < -0.39 is 14.8 Å². The van der Waals surface area contributed by atoms with Gasteiger partial charge in [0.25, 0.3) is 5.69 Å². The van der Waals surface area contributed by atoms with Gasteiger partial charge in [-0.05, 0) is 6.92 Å². The van der Waals surface area contributed by atoms with Gasteiger partial charge in [-0.25, -0.2) is 18.4 Å². The van der Waals surface area contributed by atoms with E-state index in [-0.39, 0.29) is 23.7 Å². The van der Waals surface area contributed by atoms with Gasteiger partial charge in [0.15, 0.2) is 15.7 Å². The lowest BCUT2D eigenvalue weighted by Crippen LogP contribution is -2.17. The highest BCUT2D eigenvalue weighted by Crippen LogP contribution is 2.22. The third-order valence-corrected chi connectivity index (χ3v) is 5.03. The average molecular weight is 350 g/mol. The lowest BCUT2D eigenvalue weighted by molar-refractivity contribution is -0.384. The molecule has 9 heteroatoms. The number of aryl methyl sites for hydroxylation is 1. The van der Waals surface area contributed by atoms with Gasteiger partial charge in [-0.1, -0.05) is 19.1 Å². The Morgan fingerprint density at radius 1 is 1.25 bits per heavy atom. The zero-order chi connectivity index (χ0) is 17.7. The van der Waals surface area contributed by atoms with Gasteiger partial charge in [-0.15, -0.1) is 0 Å². The second-order valence-corrected chi connectivity index (χ2v) is 7.66. The van der Waals surface area contributed by atoms with Crippen LogP contribution in [0.2, 0.25) is 0 Å². The molecule has 0 radical (unpaired) electrons. The van der Waals surface area contributed by atoms with Crippen LogP contribution in [0.3, 0.4) is 0 Å². The number of rotatable bonds is 7. The summed E-state index contributed by atoms with van der Waals surface area (Å²) in [6, 6.07) is 7.75. The van der Waals surface area contributed by atoms with E-state index in [1.807, 2.05) is 0 Å². The third kappa shape index (κ3) is 4.72. The van der Waals surface area contributed by atoms with Crippen LogP contribution in [0, 0.1) is 17.0 Å². The van der Waals surface area contributed by atoms with Gasteiger partial charge in [0.1, 0.15) is 5.82 Å². The van der Waals surface area contributed by atoms with Crippen LogP contribution >= 0.6 is 0 Å². The van der Waals surface area contributed by atoms with Crippen molar-refractivity contribution in [2.75, 3.05) is 23.4 Å². The molecular formula is C15H18N4O4S. The van der Waals surface area contributed by atoms with Gasteiger partial charge in [0.05, 0.1) is 10.7 Å². The maximum atomic E-state index is 11.5. The summed E-state index contributed by atoms with van der Waals surface area (Å²) in [5.74, 6) is 0.935. The first kappa shape index (κ1) is 17.8. The monoisotopic (exact) mass is 350 g/mol. The molecule has 2 rings (SSSR count). The smallest absolute Gasteiger partial charge is 0.270 e. The number of hydrogen-bond donors (Lipinski definition) is 1. The Balaban J connectivity index is 2.22. The van der Waals surface area contributed by atoms with Gasteiger partial charge < -0.3 is 5.32 Å². The summed E-state index contributed by atoms with van der Waals surface area (Å²) < 4.78 is 23.0. The number of benzene rings is 1. The number of non-ortho nitro benzene ring substituents is 1. The van der Waals surface area contributed by atoms with Crippen molar-refractivity contribution in [3.63, 3.8) is 0 Å². The fourth-order valence-corrected chi connectivity index (χ4v) is 2.73. The summed E-state index contributed by atoms with van der Waals surface area (Å²) in [6.07, 6.45) is 0. The summed E-state index contributed by atoms with van der Waals surface area (Å²) in [5.41, 5.74) is 1.16. The Bertz CT molecular complexity index is 852. The van der Waals surface area contributed by atoms with E-state index in [1.54, 1.807) is 32.0 Å². The standard InChI is InChI=1S/C15H18N4O4S/c1-3-24(22,23)8-7-16-14-9-11(2)17-15(18-14)12-5-4-6-13(10-12)19(20)21/h4-6,9-10H,3,7-8H2,1-2H3,(H,16,17,18). The fraction of sp³-hybridized carbons (Fsp3) is 0.333. The second kappa shape index (κ2) is 7.35. The SMILES string of the molecule is CCS(=O)(=O)CCNc1cc(C)nc(-c2cccc([N+](=O)[O-])c2)n1. The van der Waals surface area contributed by atoms with Crippen molar-refractivity contribution in [1.82, 2.24) is 9.97 Å². The van der Waals surface area contributed by atoms with Gasteiger partial charge in [0, 0.05) is 41.8 Å². The predicted octanol–water partition coefficient (Wildman–Crippen LogP) is 2.21. The Morgan fingerprint density at radius 3 is 2.67 bits per heavy atom. The normalized spacial score (nSPS) is 11.2. The molecule has 1 heterocycles. The molecule has 24 heavy (non-hydrogen) atoms. The highest BCUT2D eigenvalue weighted by Gasteiger charge is 2.11. The molecule has 0 aliphatic heterocycles. The van der Waals surface area contributed by atoms with Crippen LogP contribution in [0.5, 0.6) is 0 Å². The van der Waals surface area contributed by atoms with Crippen molar-refractivity contribution in [2.45, 2.75) is 13.8 Å². The Morgan fingerprint density at radius 2 is 2.00 bits per heavy atom. The van der Waals surface area contributed by atoms with Crippen LogP contribution < -0.4 is 5.32 Å². The number of anilines is 1. The van der Waals surface area contributed by atoms with E-state index in [0.717, 1.165) is 0 Å². The molecule has 1 aromatic carbocycles. The maximum absolute atomic E-state index is 11.5. The van der Waals surface area contributed by atoms with Gasteiger partial charge in [-0.2, -0.15) is 0 Å². The van der Waals surface area contributed by atoms with Gasteiger partial charge in [-0.3, -0.25) is 10.1 Å². The summed E-state index contributed by atoms with van der Waals surface area (Å²) >= 11 is 0. The molecular weight excluding hydrogens is 332 g/mol. The predicted molar refractivity (Wildman–Crippen MR) is 91.7 cm³/mol. The van der Waals surface area contributed by atoms with E-state index >= 15 is 0 Å². The maximum Gasteiger partial charge on any atom is 0.270 e. The molecule has 0 amide bonds.